The molecule has 0 aliphatic heterocycles. The van der Waals surface area contributed by atoms with Crippen LogP contribution in [0, 0.1) is 6.92 Å². The minimum Gasteiger partial charge on any atom is -0.497 e. The number of rotatable bonds is 7. The first kappa shape index (κ1) is 18.5. The lowest BCUT2D eigenvalue weighted by molar-refractivity contribution is 0.0950. The average molecular weight is 365 g/mol. The number of hydrogen-bond acceptors (Lipinski definition) is 4. The van der Waals surface area contributed by atoms with Crippen LogP contribution >= 0.6 is 0 Å². The van der Waals surface area contributed by atoms with Gasteiger partial charge in [-0.2, -0.15) is 5.10 Å². The monoisotopic (exact) mass is 365 g/mol. The van der Waals surface area contributed by atoms with Crippen LogP contribution < -0.4 is 14.8 Å². The Kier molecular flexibility index (Phi) is 5.76. The predicted octanol–water partition coefficient (Wildman–Crippen LogP) is 3.52. The van der Waals surface area contributed by atoms with Gasteiger partial charge in [0.1, 0.15) is 11.5 Å². The Morgan fingerprint density at radius 1 is 1.15 bits per heavy atom. The van der Waals surface area contributed by atoms with Crippen molar-refractivity contribution >= 4 is 5.91 Å². The summed E-state index contributed by atoms with van der Waals surface area (Å²) in [5.74, 6) is 1.46. The zero-order chi connectivity index (χ0) is 19.2. The fraction of sp³-hybridized carbons (Fsp3) is 0.238. The number of carbonyl (C=O) groups excluding carboxylic acids is 1. The highest BCUT2D eigenvalue weighted by Gasteiger charge is 2.09. The number of nitrogens with one attached hydrogen (secondary N) is 1. The maximum atomic E-state index is 12.4. The van der Waals surface area contributed by atoms with E-state index in [1.807, 2.05) is 62.5 Å². The van der Waals surface area contributed by atoms with E-state index in [2.05, 4.69) is 10.4 Å². The van der Waals surface area contributed by atoms with Crippen molar-refractivity contribution in [1.82, 2.24) is 15.1 Å². The standard InChI is InChI=1S/C21H23N3O3/c1-4-27-20-10-5-16(13-15(20)2)21(25)22-14-17-11-12-24(23-17)18-6-8-19(26-3)9-7-18/h5-13H,4,14H2,1-3H3,(H,22,25). The fourth-order valence-corrected chi connectivity index (χ4v) is 2.72. The molecule has 1 aromatic heterocycles. The van der Waals surface area contributed by atoms with Crippen molar-refractivity contribution in [3.63, 3.8) is 0 Å². The largest absolute Gasteiger partial charge is 0.497 e. The number of ether oxygens (including phenoxy) is 2. The molecule has 2 aromatic carbocycles. The second kappa shape index (κ2) is 8.40. The number of carbonyl (C=O) groups is 1. The van der Waals surface area contributed by atoms with Crippen molar-refractivity contribution in [3.05, 3.63) is 71.5 Å². The Morgan fingerprint density at radius 3 is 2.59 bits per heavy atom. The smallest absolute Gasteiger partial charge is 0.251 e. The topological polar surface area (TPSA) is 65.4 Å². The molecule has 0 atom stereocenters. The number of nitrogens with zero attached hydrogens (tertiary/aromatic N) is 2. The van der Waals surface area contributed by atoms with E-state index in [9.17, 15) is 4.79 Å². The molecule has 0 radical (unpaired) electrons. The van der Waals surface area contributed by atoms with Gasteiger partial charge in [0.05, 0.1) is 31.6 Å². The Bertz CT molecular complexity index is 917. The molecule has 0 saturated carbocycles. The maximum Gasteiger partial charge on any atom is 0.251 e. The van der Waals surface area contributed by atoms with Crippen molar-refractivity contribution in [3.8, 4) is 17.2 Å². The molecule has 3 rings (SSSR count). The average Bonchev–Trinajstić information content (AvgIpc) is 3.17. The Hall–Kier alpha value is -3.28. The van der Waals surface area contributed by atoms with Crippen molar-refractivity contribution in [2.24, 2.45) is 0 Å². The summed E-state index contributed by atoms with van der Waals surface area (Å²) < 4.78 is 12.4. The highest BCUT2D eigenvalue weighted by atomic mass is 16.5. The summed E-state index contributed by atoms with van der Waals surface area (Å²) in [6.45, 7) is 4.82. The van der Waals surface area contributed by atoms with Crippen LogP contribution in [0.1, 0.15) is 28.5 Å². The Labute approximate surface area is 158 Å². The molecule has 1 N–H and O–H groups in total. The lowest BCUT2D eigenvalue weighted by atomic mass is 10.1. The first-order chi connectivity index (χ1) is 13.1. The molecule has 0 spiro atoms. The molecule has 0 aliphatic rings. The number of aryl methyl sites for hydroxylation is 1. The Balaban J connectivity index is 1.62. The van der Waals surface area contributed by atoms with Gasteiger partial charge in [0.2, 0.25) is 0 Å². The van der Waals surface area contributed by atoms with Crippen LogP contribution in [0.3, 0.4) is 0 Å². The minimum atomic E-state index is -0.139. The summed E-state index contributed by atoms with van der Waals surface area (Å²) in [6, 6.07) is 14.9. The number of methoxy groups -OCH3 is 1. The van der Waals surface area contributed by atoms with Crippen LogP contribution in [0.4, 0.5) is 0 Å². The van der Waals surface area contributed by atoms with Crippen LogP contribution in [-0.2, 0) is 6.54 Å². The van der Waals surface area contributed by atoms with E-state index in [0.29, 0.717) is 18.7 Å². The summed E-state index contributed by atoms with van der Waals surface area (Å²) in [7, 11) is 1.63. The fourth-order valence-electron chi connectivity index (χ4n) is 2.72. The van der Waals surface area contributed by atoms with Crippen LogP contribution in [0.2, 0.25) is 0 Å². The third kappa shape index (κ3) is 4.47. The van der Waals surface area contributed by atoms with Crippen molar-refractivity contribution < 1.29 is 14.3 Å². The van der Waals surface area contributed by atoms with E-state index >= 15 is 0 Å². The normalized spacial score (nSPS) is 10.5. The van der Waals surface area contributed by atoms with Gasteiger partial charge in [0.25, 0.3) is 5.91 Å². The second-order valence-electron chi connectivity index (χ2n) is 6.05. The summed E-state index contributed by atoms with van der Waals surface area (Å²) in [5, 5.41) is 7.40. The van der Waals surface area contributed by atoms with E-state index in [4.69, 9.17) is 9.47 Å². The van der Waals surface area contributed by atoms with Crippen LogP contribution in [0.25, 0.3) is 5.69 Å². The summed E-state index contributed by atoms with van der Waals surface area (Å²) in [5.41, 5.74) is 3.25. The molecule has 0 unspecified atom stereocenters. The molecule has 6 heteroatoms. The first-order valence-corrected chi connectivity index (χ1v) is 8.81. The van der Waals surface area contributed by atoms with Gasteiger partial charge in [-0.25, -0.2) is 4.68 Å². The summed E-state index contributed by atoms with van der Waals surface area (Å²) in [6.07, 6.45) is 1.87. The highest BCUT2D eigenvalue weighted by molar-refractivity contribution is 5.94. The van der Waals surface area contributed by atoms with E-state index in [-0.39, 0.29) is 5.91 Å². The number of aromatic nitrogens is 2. The molecule has 1 heterocycles. The molecular weight excluding hydrogens is 342 g/mol. The van der Waals surface area contributed by atoms with E-state index in [0.717, 1.165) is 28.4 Å². The van der Waals surface area contributed by atoms with Gasteiger partial charge in [0.15, 0.2) is 0 Å². The van der Waals surface area contributed by atoms with Crippen molar-refractivity contribution in [2.75, 3.05) is 13.7 Å². The third-order valence-electron chi connectivity index (χ3n) is 4.15. The van der Waals surface area contributed by atoms with Crippen molar-refractivity contribution in [2.45, 2.75) is 20.4 Å². The minimum absolute atomic E-state index is 0.139. The Morgan fingerprint density at radius 2 is 1.93 bits per heavy atom. The lowest BCUT2D eigenvalue weighted by Gasteiger charge is -2.09. The lowest BCUT2D eigenvalue weighted by Crippen LogP contribution is -2.23. The van der Waals surface area contributed by atoms with E-state index in [1.165, 1.54) is 0 Å². The van der Waals surface area contributed by atoms with E-state index in [1.54, 1.807) is 17.9 Å². The highest BCUT2D eigenvalue weighted by Crippen LogP contribution is 2.19. The zero-order valence-corrected chi connectivity index (χ0v) is 15.7. The molecule has 0 bridgehead atoms. The van der Waals surface area contributed by atoms with Gasteiger partial charge in [0, 0.05) is 11.8 Å². The molecule has 0 aliphatic carbocycles. The van der Waals surface area contributed by atoms with Gasteiger partial charge in [-0.15, -0.1) is 0 Å². The van der Waals surface area contributed by atoms with Crippen LogP contribution in [-0.4, -0.2) is 29.4 Å². The third-order valence-corrected chi connectivity index (χ3v) is 4.15. The molecule has 0 fully saturated rings. The SMILES string of the molecule is CCOc1ccc(C(=O)NCc2ccn(-c3ccc(OC)cc3)n2)cc1C. The zero-order valence-electron chi connectivity index (χ0n) is 15.7. The predicted molar refractivity (Wildman–Crippen MR) is 104 cm³/mol. The quantitative estimate of drug-likeness (QED) is 0.696. The second-order valence-corrected chi connectivity index (χ2v) is 6.05. The van der Waals surface area contributed by atoms with Crippen molar-refractivity contribution in [1.29, 1.82) is 0 Å². The van der Waals surface area contributed by atoms with Gasteiger partial charge >= 0.3 is 0 Å². The molecule has 1 amide bonds. The molecule has 6 nitrogen and oxygen atoms in total. The van der Waals surface area contributed by atoms with Gasteiger partial charge in [-0.3, -0.25) is 4.79 Å². The molecule has 27 heavy (non-hydrogen) atoms. The molecule has 0 saturated heterocycles. The summed E-state index contributed by atoms with van der Waals surface area (Å²) >= 11 is 0. The van der Waals surface area contributed by atoms with E-state index < -0.39 is 0 Å². The summed E-state index contributed by atoms with van der Waals surface area (Å²) in [4.78, 5) is 12.4. The van der Waals surface area contributed by atoms with Crippen LogP contribution in [0.5, 0.6) is 11.5 Å². The van der Waals surface area contributed by atoms with Gasteiger partial charge in [-0.05, 0) is 67.9 Å². The van der Waals surface area contributed by atoms with Gasteiger partial charge < -0.3 is 14.8 Å². The van der Waals surface area contributed by atoms with Crippen LogP contribution in [0.15, 0.2) is 54.7 Å². The molecule has 140 valence electrons. The molecular formula is C21H23N3O3. The first-order valence-electron chi connectivity index (χ1n) is 8.81. The van der Waals surface area contributed by atoms with Gasteiger partial charge in [-0.1, -0.05) is 0 Å². The maximum absolute atomic E-state index is 12.4. The molecule has 3 aromatic rings. The number of amides is 1. The number of benzene rings is 2. The number of hydrogen-bond donors (Lipinski definition) is 1.